The molecule has 2 N–H and O–H groups in total. The minimum atomic E-state index is -3.43. The summed E-state index contributed by atoms with van der Waals surface area (Å²) in [5.74, 6) is -0.428. The van der Waals surface area contributed by atoms with Crippen LogP contribution >= 0.6 is 15.9 Å². The highest BCUT2D eigenvalue weighted by Gasteiger charge is 2.19. The molecular weight excluding hydrogens is 359 g/mol. The Morgan fingerprint density at radius 2 is 2.05 bits per heavy atom. The maximum atomic E-state index is 13.5. The quantitative estimate of drug-likeness (QED) is 0.683. The Kier molecular flexibility index (Phi) is 5.62. The lowest BCUT2D eigenvalue weighted by molar-refractivity contribution is 0.590. The molecule has 1 aliphatic carbocycles. The first-order valence-electron chi connectivity index (χ1n) is 7.07. The molecule has 0 radical (unpaired) electrons. The van der Waals surface area contributed by atoms with Gasteiger partial charge in [-0.05, 0) is 72.8 Å². The van der Waals surface area contributed by atoms with Crippen LogP contribution in [0.5, 0.6) is 0 Å². The summed E-state index contributed by atoms with van der Waals surface area (Å²) < 4.78 is 40.2. The number of hydrogen-bond acceptors (Lipinski definition) is 3. The Bertz CT molecular complexity index is 603. The summed E-state index contributed by atoms with van der Waals surface area (Å²) in [5.41, 5.74) is 0.981. The van der Waals surface area contributed by atoms with Crippen LogP contribution < -0.4 is 10.0 Å². The summed E-state index contributed by atoms with van der Waals surface area (Å²) in [6, 6.07) is 3.41. The zero-order valence-electron chi connectivity index (χ0n) is 12.0. The first-order valence-corrected chi connectivity index (χ1v) is 9.51. The summed E-state index contributed by atoms with van der Waals surface area (Å²) in [6.07, 6.45) is 3.88. The molecule has 0 heterocycles. The van der Waals surface area contributed by atoms with E-state index >= 15 is 0 Å². The van der Waals surface area contributed by atoms with Crippen LogP contribution in [0.1, 0.15) is 31.2 Å². The Hall–Kier alpha value is -0.660. The first kappa shape index (κ1) is 16.7. The standard InChI is InChI=1S/C14H20BrFN2O2S/c1-10-8-12(15)13(16)9-14(10)18-21(19,20)7-3-2-6-17-11-4-5-11/h8-9,11,17-18H,2-7H2,1H3. The molecular formula is C14H20BrFN2O2S. The van der Waals surface area contributed by atoms with Crippen molar-refractivity contribution in [3.8, 4) is 0 Å². The number of benzene rings is 1. The smallest absolute Gasteiger partial charge is 0.232 e. The molecule has 0 atom stereocenters. The van der Waals surface area contributed by atoms with E-state index in [1.54, 1.807) is 13.0 Å². The van der Waals surface area contributed by atoms with Crippen LogP contribution in [0, 0.1) is 12.7 Å². The van der Waals surface area contributed by atoms with Crippen molar-refractivity contribution in [3.05, 3.63) is 28.0 Å². The van der Waals surface area contributed by atoms with Gasteiger partial charge >= 0.3 is 0 Å². The third kappa shape index (κ3) is 5.56. The zero-order chi connectivity index (χ0) is 15.5. The van der Waals surface area contributed by atoms with Crippen molar-refractivity contribution in [2.24, 2.45) is 0 Å². The number of rotatable bonds is 8. The molecule has 4 nitrogen and oxygen atoms in total. The minimum Gasteiger partial charge on any atom is -0.314 e. The second-order valence-electron chi connectivity index (χ2n) is 5.44. The largest absolute Gasteiger partial charge is 0.314 e. The molecule has 2 rings (SSSR count). The average Bonchev–Trinajstić information content (AvgIpc) is 3.19. The zero-order valence-corrected chi connectivity index (χ0v) is 14.4. The van der Waals surface area contributed by atoms with Crippen LogP contribution in [0.25, 0.3) is 0 Å². The molecule has 1 aromatic carbocycles. The maximum Gasteiger partial charge on any atom is 0.232 e. The van der Waals surface area contributed by atoms with Crippen molar-refractivity contribution in [2.75, 3.05) is 17.0 Å². The van der Waals surface area contributed by atoms with Gasteiger partial charge in [0.15, 0.2) is 0 Å². The monoisotopic (exact) mass is 378 g/mol. The number of aryl methyl sites for hydroxylation is 1. The van der Waals surface area contributed by atoms with Crippen LogP contribution in [0.3, 0.4) is 0 Å². The SMILES string of the molecule is Cc1cc(Br)c(F)cc1NS(=O)(=O)CCCCNC1CC1. The van der Waals surface area contributed by atoms with Crippen LogP contribution in [-0.2, 0) is 10.0 Å². The van der Waals surface area contributed by atoms with Crippen molar-refractivity contribution in [1.29, 1.82) is 0 Å². The van der Waals surface area contributed by atoms with Crippen molar-refractivity contribution < 1.29 is 12.8 Å². The second-order valence-corrected chi connectivity index (χ2v) is 8.13. The van der Waals surface area contributed by atoms with Gasteiger partial charge in [-0.2, -0.15) is 0 Å². The number of halogens is 2. The molecule has 0 amide bonds. The molecule has 1 aliphatic rings. The molecule has 7 heteroatoms. The van der Waals surface area contributed by atoms with E-state index in [4.69, 9.17) is 0 Å². The van der Waals surface area contributed by atoms with Gasteiger partial charge < -0.3 is 5.32 Å². The lowest BCUT2D eigenvalue weighted by Crippen LogP contribution is -2.21. The number of sulfonamides is 1. The highest BCUT2D eigenvalue weighted by atomic mass is 79.9. The normalized spacial score (nSPS) is 15.2. The van der Waals surface area contributed by atoms with E-state index in [9.17, 15) is 12.8 Å². The number of hydrogen-bond donors (Lipinski definition) is 2. The van der Waals surface area contributed by atoms with Crippen molar-refractivity contribution in [2.45, 2.75) is 38.6 Å². The maximum absolute atomic E-state index is 13.5. The van der Waals surface area contributed by atoms with E-state index in [0.717, 1.165) is 13.0 Å². The van der Waals surface area contributed by atoms with Gasteiger partial charge in [0.1, 0.15) is 5.82 Å². The summed E-state index contributed by atoms with van der Waals surface area (Å²) >= 11 is 3.08. The Morgan fingerprint density at radius 1 is 1.33 bits per heavy atom. The molecule has 118 valence electrons. The van der Waals surface area contributed by atoms with Crippen LogP contribution in [0.4, 0.5) is 10.1 Å². The van der Waals surface area contributed by atoms with Gasteiger partial charge in [0.2, 0.25) is 10.0 Å². The molecule has 1 saturated carbocycles. The summed E-state index contributed by atoms with van der Waals surface area (Å²) in [7, 11) is -3.43. The summed E-state index contributed by atoms with van der Waals surface area (Å²) in [6.45, 7) is 2.59. The molecule has 0 bridgehead atoms. The average molecular weight is 379 g/mol. The van der Waals surface area contributed by atoms with Gasteiger partial charge in [-0.25, -0.2) is 12.8 Å². The van der Waals surface area contributed by atoms with E-state index in [-0.39, 0.29) is 5.75 Å². The molecule has 0 saturated heterocycles. The van der Waals surface area contributed by atoms with E-state index in [1.807, 2.05) is 0 Å². The predicted molar refractivity (Wildman–Crippen MR) is 86.5 cm³/mol. The molecule has 0 aromatic heterocycles. The fourth-order valence-corrected chi connectivity index (χ4v) is 3.68. The van der Waals surface area contributed by atoms with Gasteiger partial charge in [0.25, 0.3) is 0 Å². The van der Waals surface area contributed by atoms with E-state index in [2.05, 4.69) is 26.0 Å². The number of unbranched alkanes of at least 4 members (excludes halogenated alkanes) is 1. The lowest BCUT2D eigenvalue weighted by Gasteiger charge is -2.11. The molecule has 0 unspecified atom stereocenters. The van der Waals surface area contributed by atoms with Gasteiger partial charge in [-0.15, -0.1) is 0 Å². The topological polar surface area (TPSA) is 58.2 Å². The number of nitrogens with one attached hydrogen (secondary N) is 2. The fraction of sp³-hybridized carbons (Fsp3) is 0.571. The minimum absolute atomic E-state index is 0.0521. The van der Waals surface area contributed by atoms with E-state index in [0.29, 0.717) is 28.2 Å². The predicted octanol–water partition coefficient (Wildman–Crippen LogP) is 3.17. The third-order valence-corrected chi connectivity index (χ3v) is 5.35. The van der Waals surface area contributed by atoms with Crippen molar-refractivity contribution >= 4 is 31.6 Å². The van der Waals surface area contributed by atoms with Crippen molar-refractivity contribution in [1.82, 2.24) is 5.32 Å². The Morgan fingerprint density at radius 3 is 2.71 bits per heavy atom. The Labute approximate surface area is 133 Å². The highest BCUT2D eigenvalue weighted by molar-refractivity contribution is 9.10. The summed E-state index contributed by atoms with van der Waals surface area (Å²) in [4.78, 5) is 0. The van der Waals surface area contributed by atoms with E-state index in [1.165, 1.54) is 18.9 Å². The lowest BCUT2D eigenvalue weighted by atomic mass is 10.2. The van der Waals surface area contributed by atoms with Crippen molar-refractivity contribution in [3.63, 3.8) is 0 Å². The van der Waals surface area contributed by atoms with Gasteiger partial charge in [0.05, 0.1) is 15.9 Å². The van der Waals surface area contributed by atoms with Crippen LogP contribution in [-0.4, -0.2) is 26.8 Å². The highest BCUT2D eigenvalue weighted by Crippen LogP contribution is 2.25. The first-order chi connectivity index (χ1) is 9.87. The summed E-state index contributed by atoms with van der Waals surface area (Å²) in [5, 5.41) is 3.35. The second kappa shape index (κ2) is 7.07. The molecule has 1 fully saturated rings. The Balaban J connectivity index is 1.83. The molecule has 0 aliphatic heterocycles. The molecule has 1 aromatic rings. The van der Waals surface area contributed by atoms with Gasteiger partial charge in [-0.1, -0.05) is 0 Å². The van der Waals surface area contributed by atoms with Crippen LogP contribution in [0.15, 0.2) is 16.6 Å². The van der Waals surface area contributed by atoms with Crippen LogP contribution in [0.2, 0.25) is 0 Å². The number of anilines is 1. The van der Waals surface area contributed by atoms with Gasteiger partial charge in [-0.3, -0.25) is 4.72 Å². The molecule has 0 spiro atoms. The fourth-order valence-electron chi connectivity index (χ4n) is 1.99. The van der Waals surface area contributed by atoms with Gasteiger partial charge in [0, 0.05) is 6.04 Å². The van der Waals surface area contributed by atoms with E-state index < -0.39 is 15.8 Å². The molecule has 21 heavy (non-hydrogen) atoms. The third-order valence-electron chi connectivity index (χ3n) is 3.38.